The molecule has 10 heteroatoms. The van der Waals surface area contributed by atoms with Crippen molar-refractivity contribution in [3.05, 3.63) is 30.3 Å². The van der Waals surface area contributed by atoms with Gasteiger partial charge in [-0.05, 0) is 54.8 Å². The second-order valence-corrected chi connectivity index (χ2v) is 6.98. The van der Waals surface area contributed by atoms with Gasteiger partial charge in [0.25, 0.3) is 0 Å². The van der Waals surface area contributed by atoms with Crippen molar-refractivity contribution in [1.29, 1.82) is 0 Å². The molecule has 3 heterocycles. The fourth-order valence-electron chi connectivity index (χ4n) is 4.04. The van der Waals surface area contributed by atoms with Crippen molar-refractivity contribution in [3.8, 4) is 5.69 Å². The second-order valence-electron chi connectivity index (χ2n) is 6.98. The minimum atomic E-state index is -0.329. The van der Waals surface area contributed by atoms with Gasteiger partial charge in [0, 0.05) is 18.6 Å². The summed E-state index contributed by atoms with van der Waals surface area (Å²) >= 11 is 0. The summed E-state index contributed by atoms with van der Waals surface area (Å²) in [5, 5.41) is 18.7. The van der Waals surface area contributed by atoms with Gasteiger partial charge in [0.15, 0.2) is 0 Å². The zero-order valence-electron chi connectivity index (χ0n) is 15.8. The summed E-state index contributed by atoms with van der Waals surface area (Å²) in [6.07, 6.45) is 3.90. The van der Waals surface area contributed by atoms with Gasteiger partial charge in [-0.3, -0.25) is 4.79 Å². The molecule has 0 spiro atoms. The van der Waals surface area contributed by atoms with Gasteiger partial charge in [-0.2, -0.15) is 4.68 Å². The molecule has 2 saturated heterocycles. The molecule has 2 aromatic rings. The van der Waals surface area contributed by atoms with Gasteiger partial charge < -0.3 is 15.5 Å². The number of halogens is 2. The lowest BCUT2D eigenvalue weighted by Crippen LogP contribution is -2.49. The Bertz CT molecular complexity index is 743. The van der Waals surface area contributed by atoms with Crippen LogP contribution in [0.25, 0.3) is 5.69 Å². The largest absolute Gasteiger partial charge is 0.341 e. The normalized spacial score (nSPS) is 21.8. The van der Waals surface area contributed by atoms with Crippen LogP contribution in [0.15, 0.2) is 30.3 Å². The first kappa shape index (κ1) is 22.4. The van der Waals surface area contributed by atoms with Crippen molar-refractivity contribution in [1.82, 2.24) is 30.4 Å². The first-order chi connectivity index (χ1) is 12.8. The molecule has 0 aliphatic carbocycles. The Labute approximate surface area is 177 Å². The number of hydrogen-bond donors (Lipinski definition) is 2. The van der Waals surface area contributed by atoms with Gasteiger partial charge in [0.1, 0.15) is 6.04 Å². The van der Waals surface area contributed by atoms with E-state index in [1.165, 1.54) is 0 Å². The Balaban J connectivity index is 0.00000140. The highest BCUT2D eigenvalue weighted by Crippen LogP contribution is 2.29. The van der Waals surface area contributed by atoms with Gasteiger partial charge in [0.2, 0.25) is 11.9 Å². The summed E-state index contributed by atoms with van der Waals surface area (Å²) < 4.78 is 1.63. The van der Waals surface area contributed by atoms with Crippen LogP contribution in [0.3, 0.4) is 0 Å². The van der Waals surface area contributed by atoms with Crippen LogP contribution >= 0.6 is 24.8 Å². The lowest BCUT2D eigenvalue weighted by Gasteiger charge is -2.31. The molecule has 154 valence electrons. The molecule has 2 fully saturated rings. The lowest BCUT2D eigenvalue weighted by atomic mass is 10.1. The Morgan fingerprint density at radius 1 is 1.21 bits per heavy atom. The van der Waals surface area contributed by atoms with E-state index < -0.39 is 0 Å². The summed E-state index contributed by atoms with van der Waals surface area (Å²) in [4.78, 5) is 15.4. The molecule has 28 heavy (non-hydrogen) atoms. The van der Waals surface area contributed by atoms with Crippen LogP contribution < -0.4 is 10.6 Å². The van der Waals surface area contributed by atoms with Gasteiger partial charge in [-0.1, -0.05) is 30.2 Å². The average Bonchev–Trinajstić information content (AvgIpc) is 3.22. The second kappa shape index (κ2) is 10.0. The number of carbonyl (C=O) groups excluding carboxylic acids is 1. The van der Waals surface area contributed by atoms with E-state index >= 15 is 0 Å². The van der Waals surface area contributed by atoms with Crippen LogP contribution in [0, 0.1) is 0 Å². The molecule has 8 nitrogen and oxygen atoms in total. The number of carbonyl (C=O) groups is 1. The number of para-hydroxylation sites is 1. The number of aromatic nitrogens is 4. The van der Waals surface area contributed by atoms with E-state index in [1.54, 1.807) is 4.68 Å². The van der Waals surface area contributed by atoms with Crippen LogP contribution in [0.4, 0.5) is 5.95 Å². The maximum Gasteiger partial charge on any atom is 0.248 e. The molecule has 2 N–H and O–H groups in total. The number of benzene rings is 1. The monoisotopic (exact) mass is 427 g/mol. The minimum Gasteiger partial charge on any atom is -0.341 e. The molecule has 1 aromatic carbocycles. The van der Waals surface area contributed by atoms with Gasteiger partial charge in [-0.15, -0.1) is 24.8 Å². The molecule has 0 radical (unpaired) electrons. The Morgan fingerprint density at radius 3 is 2.71 bits per heavy atom. The Hall–Kier alpha value is -1.90. The summed E-state index contributed by atoms with van der Waals surface area (Å²) in [7, 11) is 0. The first-order valence-corrected chi connectivity index (χ1v) is 9.41. The van der Waals surface area contributed by atoms with Crippen molar-refractivity contribution in [2.75, 3.05) is 18.4 Å². The van der Waals surface area contributed by atoms with Crippen molar-refractivity contribution < 1.29 is 4.79 Å². The third kappa shape index (κ3) is 4.39. The van der Waals surface area contributed by atoms with E-state index in [4.69, 9.17) is 0 Å². The lowest BCUT2D eigenvalue weighted by molar-refractivity contribution is -0.134. The molecule has 2 bridgehead atoms. The van der Waals surface area contributed by atoms with Crippen molar-refractivity contribution in [2.45, 2.75) is 50.7 Å². The average molecular weight is 428 g/mol. The molecule has 2 aliphatic heterocycles. The van der Waals surface area contributed by atoms with E-state index in [9.17, 15) is 4.79 Å². The number of nitrogens with zero attached hydrogens (tertiary/aromatic N) is 5. The van der Waals surface area contributed by atoms with Gasteiger partial charge >= 0.3 is 0 Å². The maximum atomic E-state index is 13.3. The highest BCUT2D eigenvalue weighted by molar-refractivity contribution is 5.86. The number of amides is 1. The van der Waals surface area contributed by atoms with E-state index in [0.29, 0.717) is 24.5 Å². The minimum absolute atomic E-state index is 0. The molecular weight excluding hydrogens is 401 g/mol. The SMILES string of the molecule is CCC(Nc1nnnn1-c1ccccc1)C(=O)N1C2CCNCC1CC2.Cl.Cl. The number of anilines is 1. The van der Waals surface area contributed by atoms with Crippen LogP contribution in [0.5, 0.6) is 0 Å². The summed E-state index contributed by atoms with van der Waals surface area (Å²) in [5.74, 6) is 0.656. The van der Waals surface area contributed by atoms with Crippen molar-refractivity contribution >= 4 is 36.7 Å². The van der Waals surface area contributed by atoms with E-state index in [2.05, 4.69) is 31.1 Å². The summed E-state index contributed by atoms with van der Waals surface area (Å²) in [6, 6.07) is 10.0. The topological polar surface area (TPSA) is 88.0 Å². The number of hydrogen-bond acceptors (Lipinski definition) is 6. The van der Waals surface area contributed by atoms with Crippen molar-refractivity contribution in [3.63, 3.8) is 0 Å². The molecule has 1 amide bonds. The fraction of sp³-hybridized carbons (Fsp3) is 0.556. The van der Waals surface area contributed by atoms with Crippen LogP contribution in [0.2, 0.25) is 0 Å². The van der Waals surface area contributed by atoms with Crippen LogP contribution in [-0.4, -0.2) is 62.2 Å². The predicted molar refractivity (Wildman–Crippen MR) is 112 cm³/mol. The number of rotatable bonds is 5. The summed E-state index contributed by atoms with van der Waals surface area (Å²) in [5.41, 5.74) is 0.862. The highest BCUT2D eigenvalue weighted by Gasteiger charge is 2.40. The van der Waals surface area contributed by atoms with Gasteiger partial charge in [0.05, 0.1) is 5.69 Å². The quantitative estimate of drug-likeness (QED) is 0.758. The molecule has 2 aliphatic rings. The molecule has 3 unspecified atom stereocenters. The molecule has 4 rings (SSSR count). The molecular formula is C18H27Cl2N7O. The fourth-order valence-corrected chi connectivity index (χ4v) is 4.04. The third-order valence-electron chi connectivity index (χ3n) is 5.39. The Morgan fingerprint density at radius 2 is 1.96 bits per heavy atom. The van der Waals surface area contributed by atoms with Crippen LogP contribution in [0.1, 0.15) is 32.6 Å². The number of nitrogens with one attached hydrogen (secondary N) is 2. The smallest absolute Gasteiger partial charge is 0.248 e. The third-order valence-corrected chi connectivity index (χ3v) is 5.39. The van der Waals surface area contributed by atoms with Gasteiger partial charge in [-0.25, -0.2) is 0 Å². The standard InChI is InChI=1S/C18H25N7O.2ClH/c1-2-16(17(26)24-13-8-9-15(24)12-19-11-10-13)20-18-21-22-23-25(18)14-6-4-3-5-7-14;;/h3-7,13,15-16,19H,2,8-12H2,1H3,(H,20,21,23);2*1H. The zero-order chi connectivity index (χ0) is 17.9. The number of tetrazole rings is 1. The van der Waals surface area contributed by atoms with E-state index in [0.717, 1.165) is 38.0 Å². The maximum absolute atomic E-state index is 13.3. The van der Waals surface area contributed by atoms with E-state index in [1.807, 2.05) is 37.3 Å². The summed E-state index contributed by atoms with van der Waals surface area (Å²) in [6.45, 7) is 3.89. The predicted octanol–water partition coefficient (Wildman–Crippen LogP) is 2.05. The van der Waals surface area contributed by atoms with E-state index in [-0.39, 0.29) is 36.8 Å². The zero-order valence-corrected chi connectivity index (χ0v) is 17.5. The van der Waals surface area contributed by atoms with Crippen LogP contribution in [-0.2, 0) is 4.79 Å². The Kier molecular flexibility index (Phi) is 8.03. The van der Waals surface area contributed by atoms with Crippen molar-refractivity contribution in [2.24, 2.45) is 0 Å². The molecule has 0 saturated carbocycles. The highest BCUT2D eigenvalue weighted by atomic mass is 35.5. The molecule has 3 atom stereocenters. The molecule has 1 aromatic heterocycles. The first-order valence-electron chi connectivity index (χ1n) is 9.41. The number of fused-ring (bicyclic) bond motifs is 2.